The summed E-state index contributed by atoms with van der Waals surface area (Å²) in [5, 5.41) is 13.5. The third kappa shape index (κ3) is 2.77. The number of hydrogen-bond acceptors (Lipinski definition) is 4. The molecule has 2 fully saturated rings. The molecule has 98 valence electrons. The number of fused-ring (bicyclic) bond motifs is 1. The fourth-order valence-electron chi connectivity index (χ4n) is 2.38. The predicted octanol–water partition coefficient (Wildman–Crippen LogP) is 0.801. The molecule has 2 aliphatic rings. The average Bonchev–Trinajstić information content (AvgIpc) is 2.29. The maximum atomic E-state index is 11.9. The molecule has 2 rings (SSSR count). The SMILES string of the molecule is CCCCCNC1C(=O)N2CC(C)(O)CS[C@@H]12. The van der Waals surface area contributed by atoms with Gasteiger partial charge in [-0.3, -0.25) is 4.79 Å². The van der Waals surface area contributed by atoms with Crippen LogP contribution in [0.4, 0.5) is 0 Å². The van der Waals surface area contributed by atoms with Crippen LogP contribution in [-0.4, -0.2) is 51.8 Å². The zero-order valence-corrected chi connectivity index (χ0v) is 11.4. The van der Waals surface area contributed by atoms with Crippen molar-refractivity contribution in [2.75, 3.05) is 18.8 Å². The Balaban J connectivity index is 1.78. The van der Waals surface area contributed by atoms with E-state index in [-0.39, 0.29) is 17.3 Å². The van der Waals surface area contributed by atoms with Gasteiger partial charge in [0.15, 0.2) is 0 Å². The molecule has 0 saturated carbocycles. The third-order valence-corrected chi connectivity index (χ3v) is 5.02. The van der Waals surface area contributed by atoms with Crippen LogP contribution < -0.4 is 5.32 Å². The molecule has 1 amide bonds. The third-order valence-electron chi connectivity index (χ3n) is 3.36. The highest BCUT2D eigenvalue weighted by Gasteiger charge is 2.52. The lowest BCUT2D eigenvalue weighted by Crippen LogP contribution is -2.73. The lowest BCUT2D eigenvalue weighted by molar-refractivity contribution is -0.151. The number of hydrogen-bond donors (Lipinski definition) is 2. The monoisotopic (exact) mass is 258 g/mol. The minimum atomic E-state index is -0.718. The van der Waals surface area contributed by atoms with Crippen LogP contribution in [0.1, 0.15) is 33.1 Å². The molecule has 0 aromatic rings. The molecule has 0 aromatic carbocycles. The number of aliphatic hydroxyl groups is 1. The van der Waals surface area contributed by atoms with E-state index in [1.165, 1.54) is 12.8 Å². The summed E-state index contributed by atoms with van der Waals surface area (Å²) in [6.45, 7) is 5.38. The molecule has 2 unspecified atom stereocenters. The predicted molar refractivity (Wildman–Crippen MR) is 69.9 cm³/mol. The summed E-state index contributed by atoms with van der Waals surface area (Å²) in [5.74, 6) is 0.869. The Morgan fingerprint density at radius 3 is 3.06 bits per heavy atom. The number of amides is 1. The highest BCUT2D eigenvalue weighted by Crippen LogP contribution is 2.37. The van der Waals surface area contributed by atoms with Crippen LogP contribution >= 0.6 is 11.8 Å². The first kappa shape index (κ1) is 13.2. The van der Waals surface area contributed by atoms with Crippen LogP contribution in [0.15, 0.2) is 0 Å². The molecule has 17 heavy (non-hydrogen) atoms. The first-order chi connectivity index (χ1) is 8.05. The topological polar surface area (TPSA) is 52.6 Å². The molecular weight excluding hydrogens is 236 g/mol. The number of nitrogens with zero attached hydrogens (tertiary/aromatic N) is 1. The van der Waals surface area contributed by atoms with Gasteiger partial charge in [-0.05, 0) is 19.9 Å². The maximum Gasteiger partial charge on any atom is 0.243 e. The van der Waals surface area contributed by atoms with E-state index >= 15 is 0 Å². The van der Waals surface area contributed by atoms with Crippen molar-refractivity contribution in [3.05, 3.63) is 0 Å². The normalized spacial score (nSPS) is 36.6. The Hall–Kier alpha value is -0.260. The van der Waals surface area contributed by atoms with Crippen LogP contribution in [0.5, 0.6) is 0 Å². The van der Waals surface area contributed by atoms with Gasteiger partial charge in [0.25, 0.3) is 0 Å². The summed E-state index contributed by atoms with van der Waals surface area (Å²) >= 11 is 1.69. The molecule has 2 saturated heterocycles. The van der Waals surface area contributed by atoms with Gasteiger partial charge >= 0.3 is 0 Å². The standard InChI is InChI=1S/C12H22N2O2S/c1-3-4-5-6-13-9-10(15)14-7-12(2,16)8-17-11(9)14/h9,11,13,16H,3-8H2,1-2H3/t9?,11-,12?/m0/s1. The van der Waals surface area contributed by atoms with E-state index < -0.39 is 5.60 Å². The summed E-state index contributed by atoms with van der Waals surface area (Å²) in [4.78, 5) is 13.7. The molecule has 3 atom stereocenters. The Labute approximate surface area is 107 Å². The van der Waals surface area contributed by atoms with Crippen molar-refractivity contribution in [2.24, 2.45) is 0 Å². The number of thioether (sulfide) groups is 1. The molecule has 2 N–H and O–H groups in total. The average molecular weight is 258 g/mol. The zero-order valence-electron chi connectivity index (χ0n) is 10.6. The van der Waals surface area contributed by atoms with E-state index in [4.69, 9.17) is 0 Å². The highest BCUT2D eigenvalue weighted by atomic mass is 32.2. The Kier molecular flexibility index (Phi) is 4.00. The molecule has 5 heteroatoms. The number of carbonyl (C=O) groups is 1. The van der Waals surface area contributed by atoms with E-state index in [1.807, 2.05) is 0 Å². The van der Waals surface area contributed by atoms with Crippen molar-refractivity contribution in [1.29, 1.82) is 0 Å². The minimum Gasteiger partial charge on any atom is -0.387 e. The van der Waals surface area contributed by atoms with Gasteiger partial charge < -0.3 is 15.3 Å². The van der Waals surface area contributed by atoms with Gasteiger partial charge in [0.2, 0.25) is 5.91 Å². The summed E-state index contributed by atoms with van der Waals surface area (Å²) in [7, 11) is 0. The Morgan fingerprint density at radius 2 is 2.35 bits per heavy atom. The van der Waals surface area contributed by atoms with Crippen LogP contribution in [0.3, 0.4) is 0 Å². The van der Waals surface area contributed by atoms with E-state index in [0.717, 1.165) is 13.0 Å². The molecule has 0 aromatic heterocycles. The lowest BCUT2D eigenvalue weighted by Gasteiger charge is -2.53. The highest BCUT2D eigenvalue weighted by molar-refractivity contribution is 8.00. The first-order valence-corrected chi connectivity index (χ1v) is 7.48. The molecule has 0 spiro atoms. The maximum absolute atomic E-state index is 11.9. The van der Waals surface area contributed by atoms with Crippen molar-refractivity contribution in [2.45, 2.75) is 50.1 Å². The molecule has 2 aliphatic heterocycles. The quantitative estimate of drug-likeness (QED) is 0.566. The fourth-order valence-corrected chi connectivity index (χ4v) is 3.76. The van der Waals surface area contributed by atoms with E-state index in [0.29, 0.717) is 12.3 Å². The van der Waals surface area contributed by atoms with Crippen LogP contribution in [0, 0.1) is 0 Å². The van der Waals surface area contributed by atoms with Gasteiger partial charge in [-0.2, -0.15) is 0 Å². The van der Waals surface area contributed by atoms with Gasteiger partial charge in [-0.25, -0.2) is 0 Å². The Morgan fingerprint density at radius 1 is 1.59 bits per heavy atom. The van der Waals surface area contributed by atoms with Crippen molar-refractivity contribution < 1.29 is 9.90 Å². The van der Waals surface area contributed by atoms with E-state index in [2.05, 4.69) is 12.2 Å². The summed E-state index contributed by atoms with van der Waals surface area (Å²) < 4.78 is 0. The second-order valence-corrected chi connectivity index (χ2v) is 6.41. The summed E-state index contributed by atoms with van der Waals surface area (Å²) in [6.07, 6.45) is 3.55. The molecule has 0 radical (unpaired) electrons. The molecule has 4 nitrogen and oxygen atoms in total. The van der Waals surface area contributed by atoms with Gasteiger partial charge in [0, 0.05) is 5.75 Å². The summed E-state index contributed by atoms with van der Waals surface area (Å²) in [5.41, 5.74) is -0.718. The van der Waals surface area contributed by atoms with Crippen LogP contribution in [0.25, 0.3) is 0 Å². The lowest BCUT2D eigenvalue weighted by atomic mass is 10.0. The molecule has 2 heterocycles. The number of carbonyl (C=O) groups excluding carboxylic acids is 1. The Bertz CT molecular complexity index is 296. The number of unbranched alkanes of at least 4 members (excludes halogenated alkanes) is 2. The number of rotatable bonds is 5. The van der Waals surface area contributed by atoms with Crippen molar-refractivity contribution >= 4 is 17.7 Å². The summed E-state index contributed by atoms with van der Waals surface area (Å²) in [6, 6.07) is -0.0204. The molecule has 0 bridgehead atoms. The minimum absolute atomic E-state index is 0.0204. The largest absolute Gasteiger partial charge is 0.387 e. The second-order valence-electron chi connectivity index (χ2n) is 5.30. The number of nitrogens with one attached hydrogen (secondary N) is 1. The smallest absolute Gasteiger partial charge is 0.243 e. The van der Waals surface area contributed by atoms with Gasteiger partial charge in [0.05, 0.1) is 12.1 Å². The van der Waals surface area contributed by atoms with Crippen LogP contribution in [0.2, 0.25) is 0 Å². The van der Waals surface area contributed by atoms with Crippen molar-refractivity contribution in [1.82, 2.24) is 10.2 Å². The molecule has 0 aliphatic carbocycles. The van der Waals surface area contributed by atoms with Crippen LogP contribution in [-0.2, 0) is 4.79 Å². The van der Waals surface area contributed by atoms with Crippen molar-refractivity contribution in [3.8, 4) is 0 Å². The van der Waals surface area contributed by atoms with Crippen molar-refractivity contribution in [3.63, 3.8) is 0 Å². The van der Waals surface area contributed by atoms with Gasteiger partial charge in [-0.1, -0.05) is 19.8 Å². The fraction of sp³-hybridized carbons (Fsp3) is 0.917. The van der Waals surface area contributed by atoms with E-state index in [9.17, 15) is 9.90 Å². The van der Waals surface area contributed by atoms with Gasteiger partial charge in [-0.15, -0.1) is 11.8 Å². The van der Waals surface area contributed by atoms with Gasteiger partial charge in [0.1, 0.15) is 11.4 Å². The van der Waals surface area contributed by atoms with E-state index in [1.54, 1.807) is 23.6 Å². The molecular formula is C12H22N2O2S. The number of β-lactam (4-membered cyclic amide) rings is 1. The zero-order chi connectivity index (χ0) is 12.5. The first-order valence-electron chi connectivity index (χ1n) is 6.43. The second kappa shape index (κ2) is 5.16.